The van der Waals surface area contributed by atoms with Gasteiger partial charge in [0.15, 0.2) is 0 Å². The van der Waals surface area contributed by atoms with E-state index in [1.807, 2.05) is 43.8 Å². The van der Waals surface area contributed by atoms with Gasteiger partial charge in [0.25, 0.3) is 5.91 Å². The molecule has 0 saturated heterocycles. The summed E-state index contributed by atoms with van der Waals surface area (Å²) in [4.78, 5) is 29.5. The van der Waals surface area contributed by atoms with Crippen LogP contribution in [0, 0.1) is 17.7 Å². The van der Waals surface area contributed by atoms with Gasteiger partial charge in [0, 0.05) is 37.6 Å². The van der Waals surface area contributed by atoms with Gasteiger partial charge in [-0.15, -0.1) is 0 Å². The summed E-state index contributed by atoms with van der Waals surface area (Å²) in [5.74, 6) is -0.402. The van der Waals surface area contributed by atoms with Gasteiger partial charge in [0.2, 0.25) is 5.91 Å². The van der Waals surface area contributed by atoms with E-state index in [4.69, 9.17) is 0 Å². The number of carbonyl (C=O) groups is 2. The zero-order chi connectivity index (χ0) is 21.6. The van der Waals surface area contributed by atoms with E-state index in [2.05, 4.69) is 13.8 Å². The van der Waals surface area contributed by atoms with Gasteiger partial charge < -0.3 is 14.4 Å². The second-order valence-corrected chi connectivity index (χ2v) is 8.37. The molecule has 0 aliphatic carbocycles. The second kappa shape index (κ2) is 10.2. The molecule has 0 saturated carbocycles. The first kappa shape index (κ1) is 22.7. The van der Waals surface area contributed by atoms with Crippen molar-refractivity contribution in [3.05, 3.63) is 59.7 Å². The largest absolute Gasteiger partial charge is 0.353 e. The Balaban J connectivity index is 2.20. The Labute approximate surface area is 173 Å². The molecule has 0 aliphatic rings. The van der Waals surface area contributed by atoms with Crippen molar-refractivity contribution < 1.29 is 14.0 Å². The van der Waals surface area contributed by atoms with Crippen LogP contribution in [-0.4, -0.2) is 45.8 Å². The molecule has 1 heterocycles. The molecule has 2 amide bonds. The normalized spacial score (nSPS) is 11.2. The molecule has 2 aromatic rings. The molecule has 5 nitrogen and oxygen atoms in total. The molecular weight excluding hydrogens is 369 g/mol. The summed E-state index contributed by atoms with van der Waals surface area (Å²) in [6, 6.07) is 9.56. The zero-order valence-corrected chi connectivity index (χ0v) is 18.1. The highest BCUT2D eigenvalue weighted by Crippen LogP contribution is 2.13. The van der Waals surface area contributed by atoms with Crippen molar-refractivity contribution in [1.82, 2.24) is 14.4 Å². The minimum absolute atomic E-state index is 0.0231. The summed E-state index contributed by atoms with van der Waals surface area (Å²) in [5.41, 5.74) is 1.29. The van der Waals surface area contributed by atoms with Crippen molar-refractivity contribution >= 4 is 11.8 Å². The highest BCUT2D eigenvalue weighted by molar-refractivity contribution is 5.96. The lowest BCUT2D eigenvalue weighted by Crippen LogP contribution is -2.45. The maximum absolute atomic E-state index is 13.6. The molecule has 1 aromatic carbocycles. The van der Waals surface area contributed by atoms with E-state index < -0.39 is 5.82 Å². The molecule has 6 heteroatoms. The Morgan fingerprint density at radius 3 is 2.21 bits per heavy atom. The predicted octanol–water partition coefficient (Wildman–Crippen LogP) is 3.95. The Kier molecular flexibility index (Phi) is 8.00. The molecule has 29 heavy (non-hydrogen) atoms. The molecule has 0 aliphatic heterocycles. The van der Waals surface area contributed by atoms with E-state index in [0.717, 1.165) is 5.69 Å². The fourth-order valence-corrected chi connectivity index (χ4v) is 3.28. The molecule has 0 radical (unpaired) electrons. The molecule has 0 atom stereocenters. The molecule has 0 N–H and O–H groups in total. The molecule has 0 fully saturated rings. The van der Waals surface area contributed by atoms with E-state index in [9.17, 15) is 14.0 Å². The van der Waals surface area contributed by atoms with E-state index in [-0.39, 0.29) is 29.8 Å². The van der Waals surface area contributed by atoms with Crippen molar-refractivity contribution in [3.63, 3.8) is 0 Å². The van der Waals surface area contributed by atoms with Crippen LogP contribution in [0.5, 0.6) is 0 Å². The summed E-state index contributed by atoms with van der Waals surface area (Å²) in [6.07, 6.45) is 1.95. The highest BCUT2D eigenvalue weighted by atomic mass is 19.1. The zero-order valence-electron chi connectivity index (χ0n) is 18.1. The van der Waals surface area contributed by atoms with Gasteiger partial charge >= 0.3 is 0 Å². The third kappa shape index (κ3) is 6.73. The van der Waals surface area contributed by atoms with Gasteiger partial charge in [0.1, 0.15) is 12.4 Å². The average molecular weight is 402 g/mol. The van der Waals surface area contributed by atoms with Crippen LogP contribution in [-0.2, 0) is 18.4 Å². The lowest BCUT2D eigenvalue weighted by Gasteiger charge is -2.30. The number of hydrogen-bond acceptors (Lipinski definition) is 2. The van der Waals surface area contributed by atoms with E-state index >= 15 is 0 Å². The van der Waals surface area contributed by atoms with Crippen molar-refractivity contribution in [1.29, 1.82) is 0 Å². The van der Waals surface area contributed by atoms with E-state index in [0.29, 0.717) is 25.6 Å². The van der Waals surface area contributed by atoms with E-state index in [1.165, 1.54) is 23.1 Å². The number of carbonyl (C=O) groups excluding carboxylic acids is 2. The standard InChI is InChI=1S/C23H32FN3O2/c1-17(2)13-26(15-21-10-7-11-25(21)5)22(28)16-27(14-18(3)4)23(29)19-8-6-9-20(24)12-19/h6-12,17-18H,13-16H2,1-5H3. The SMILES string of the molecule is CC(C)CN(Cc1cccn1C)C(=O)CN(CC(C)C)C(=O)c1cccc(F)c1. The monoisotopic (exact) mass is 401 g/mol. The quantitative estimate of drug-likeness (QED) is 0.639. The second-order valence-electron chi connectivity index (χ2n) is 8.37. The first-order valence-corrected chi connectivity index (χ1v) is 10.1. The number of aromatic nitrogens is 1. The fraction of sp³-hybridized carbons (Fsp3) is 0.478. The number of amides is 2. The van der Waals surface area contributed by atoms with Gasteiger partial charge in [-0.2, -0.15) is 0 Å². The molecular formula is C23H32FN3O2. The van der Waals surface area contributed by atoms with Crippen LogP contribution in [0.3, 0.4) is 0 Å². The third-order valence-corrected chi connectivity index (χ3v) is 4.61. The van der Waals surface area contributed by atoms with Crippen LogP contribution < -0.4 is 0 Å². The summed E-state index contributed by atoms with van der Waals surface area (Å²) in [6.45, 7) is 9.62. The minimum Gasteiger partial charge on any atom is -0.353 e. The van der Waals surface area contributed by atoms with Crippen LogP contribution in [0.4, 0.5) is 4.39 Å². The van der Waals surface area contributed by atoms with Crippen LogP contribution in [0.1, 0.15) is 43.7 Å². The van der Waals surface area contributed by atoms with Gasteiger partial charge in [-0.05, 0) is 42.2 Å². The Bertz CT molecular complexity index is 829. The van der Waals surface area contributed by atoms with Gasteiger partial charge in [-0.25, -0.2) is 4.39 Å². The van der Waals surface area contributed by atoms with Crippen LogP contribution in [0.25, 0.3) is 0 Å². The van der Waals surface area contributed by atoms with Crippen LogP contribution >= 0.6 is 0 Å². The maximum Gasteiger partial charge on any atom is 0.254 e. The van der Waals surface area contributed by atoms with Crippen molar-refractivity contribution in [2.24, 2.45) is 18.9 Å². The van der Waals surface area contributed by atoms with Gasteiger partial charge in [-0.1, -0.05) is 33.8 Å². The maximum atomic E-state index is 13.6. The van der Waals surface area contributed by atoms with Gasteiger partial charge in [0.05, 0.1) is 6.54 Å². The summed E-state index contributed by atoms with van der Waals surface area (Å²) < 4.78 is 15.6. The first-order valence-electron chi connectivity index (χ1n) is 10.1. The number of benzene rings is 1. The minimum atomic E-state index is -0.461. The van der Waals surface area contributed by atoms with E-state index in [1.54, 1.807) is 11.0 Å². The summed E-state index contributed by atoms with van der Waals surface area (Å²) in [7, 11) is 1.95. The Morgan fingerprint density at radius 1 is 1.00 bits per heavy atom. The fourth-order valence-electron chi connectivity index (χ4n) is 3.28. The molecule has 158 valence electrons. The lowest BCUT2D eigenvalue weighted by atomic mass is 10.1. The Hall–Kier alpha value is -2.63. The molecule has 0 bridgehead atoms. The van der Waals surface area contributed by atoms with Crippen molar-refractivity contribution in [3.8, 4) is 0 Å². The average Bonchev–Trinajstić information content (AvgIpc) is 3.04. The molecule has 0 spiro atoms. The summed E-state index contributed by atoms with van der Waals surface area (Å²) in [5, 5.41) is 0. The molecule has 0 unspecified atom stereocenters. The lowest BCUT2D eigenvalue weighted by molar-refractivity contribution is -0.133. The summed E-state index contributed by atoms with van der Waals surface area (Å²) >= 11 is 0. The number of nitrogens with zero attached hydrogens (tertiary/aromatic N) is 3. The number of halogens is 1. The number of hydrogen-bond donors (Lipinski definition) is 0. The molecule has 2 rings (SSSR count). The van der Waals surface area contributed by atoms with Gasteiger partial charge in [-0.3, -0.25) is 9.59 Å². The number of rotatable bonds is 9. The predicted molar refractivity (Wildman–Crippen MR) is 113 cm³/mol. The van der Waals surface area contributed by atoms with Crippen LogP contribution in [0.2, 0.25) is 0 Å². The smallest absolute Gasteiger partial charge is 0.254 e. The topological polar surface area (TPSA) is 45.6 Å². The first-order chi connectivity index (χ1) is 13.7. The third-order valence-electron chi connectivity index (χ3n) is 4.61. The van der Waals surface area contributed by atoms with Crippen LogP contribution in [0.15, 0.2) is 42.6 Å². The highest BCUT2D eigenvalue weighted by Gasteiger charge is 2.24. The van der Waals surface area contributed by atoms with Crippen molar-refractivity contribution in [2.75, 3.05) is 19.6 Å². The number of aryl methyl sites for hydroxylation is 1. The Morgan fingerprint density at radius 2 is 1.66 bits per heavy atom. The van der Waals surface area contributed by atoms with Crippen molar-refractivity contribution in [2.45, 2.75) is 34.2 Å². The molecule has 1 aromatic heterocycles.